The van der Waals surface area contributed by atoms with Gasteiger partial charge in [-0.1, -0.05) is 0 Å². The van der Waals surface area contributed by atoms with Crippen LogP contribution in [0.25, 0.3) is 0 Å². The van der Waals surface area contributed by atoms with Crippen molar-refractivity contribution in [3.05, 3.63) is 22.2 Å². The van der Waals surface area contributed by atoms with Crippen LogP contribution in [0.3, 0.4) is 0 Å². The lowest BCUT2D eigenvalue weighted by Crippen LogP contribution is -2.35. The molecule has 2 fully saturated rings. The average molecular weight is 292 g/mol. The van der Waals surface area contributed by atoms with Gasteiger partial charge in [-0.3, -0.25) is 15.0 Å². The number of nitrogen functional groups attached to an aromatic ring is 1. The molecular weight excluding hydrogens is 272 g/mol. The lowest BCUT2D eigenvalue weighted by atomic mass is 10.2. The van der Waals surface area contributed by atoms with Crippen molar-refractivity contribution < 1.29 is 4.92 Å². The summed E-state index contributed by atoms with van der Waals surface area (Å²) in [6, 6.07) is 3.46. The van der Waals surface area contributed by atoms with Crippen LogP contribution in [0.2, 0.25) is 0 Å². The number of hydrogen-bond donors (Lipinski definition) is 2. The monoisotopic (exact) mass is 292 g/mol. The molecule has 0 aliphatic carbocycles. The van der Waals surface area contributed by atoms with Gasteiger partial charge < -0.3 is 10.3 Å². The standard InChI is InChI=1S/C13H20N6O2/c14-16-12-4-3-11(19(20)21)13(15-12)18-8-5-10(9-18)17-6-1-2-7-17/h3-4,10H,1-2,5-9,14H2,(H,15,16). The van der Waals surface area contributed by atoms with Gasteiger partial charge in [0.15, 0.2) is 0 Å². The van der Waals surface area contributed by atoms with Gasteiger partial charge in [0.05, 0.1) is 4.92 Å². The number of hydrazine groups is 1. The SMILES string of the molecule is NNc1ccc([N+](=O)[O-])c(N2CCC(N3CCCC3)C2)n1. The van der Waals surface area contributed by atoms with E-state index in [4.69, 9.17) is 5.84 Å². The van der Waals surface area contributed by atoms with Crippen molar-refractivity contribution in [3.8, 4) is 0 Å². The molecule has 0 spiro atoms. The smallest absolute Gasteiger partial charge is 0.311 e. The highest BCUT2D eigenvalue weighted by molar-refractivity contribution is 5.62. The topological polar surface area (TPSA) is 101 Å². The number of rotatable bonds is 4. The van der Waals surface area contributed by atoms with Gasteiger partial charge in [0.2, 0.25) is 5.82 Å². The van der Waals surface area contributed by atoms with Crippen molar-refractivity contribution in [2.75, 3.05) is 36.5 Å². The maximum absolute atomic E-state index is 11.2. The molecule has 2 aliphatic heterocycles. The highest BCUT2D eigenvalue weighted by atomic mass is 16.6. The Morgan fingerprint density at radius 2 is 2.10 bits per heavy atom. The van der Waals surface area contributed by atoms with Gasteiger partial charge >= 0.3 is 5.69 Å². The second-order valence-electron chi connectivity index (χ2n) is 5.57. The molecule has 3 heterocycles. The third-order valence-electron chi connectivity index (χ3n) is 4.32. The molecule has 1 aromatic heterocycles. The second-order valence-corrected chi connectivity index (χ2v) is 5.57. The number of hydrogen-bond acceptors (Lipinski definition) is 7. The number of likely N-dealkylation sites (tertiary alicyclic amines) is 1. The van der Waals surface area contributed by atoms with E-state index in [0.29, 0.717) is 17.7 Å². The van der Waals surface area contributed by atoms with Crippen LogP contribution in [0.4, 0.5) is 17.3 Å². The van der Waals surface area contributed by atoms with Crippen LogP contribution in [0.5, 0.6) is 0 Å². The minimum Gasteiger partial charge on any atom is -0.349 e. The molecule has 0 aromatic carbocycles. The van der Waals surface area contributed by atoms with E-state index in [0.717, 1.165) is 32.6 Å². The minimum atomic E-state index is -0.383. The van der Waals surface area contributed by atoms with Crippen molar-refractivity contribution in [2.45, 2.75) is 25.3 Å². The zero-order valence-corrected chi connectivity index (χ0v) is 11.9. The predicted octanol–water partition coefficient (Wildman–Crippen LogP) is 0.950. The number of anilines is 2. The van der Waals surface area contributed by atoms with Crippen LogP contribution in [-0.2, 0) is 0 Å². The molecule has 2 aliphatic rings. The maximum atomic E-state index is 11.2. The Morgan fingerprint density at radius 1 is 1.33 bits per heavy atom. The Bertz CT molecular complexity index is 531. The van der Waals surface area contributed by atoms with Crippen LogP contribution < -0.4 is 16.2 Å². The van der Waals surface area contributed by atoms with Crippen molar-refractivity contribution in [2.24, 2.45) is 5.84 Å². The summed E-state index contributed by atoms with van der Waals surface area (Å²) in [6.45, 7) is 3.86. The van der Waals surface area contributed by atoms with E-state index in [2.05, 4.69) is 15.3 Å². The van der Waals surface area contributed by atoms with Gasteiger partial charge in [-0.2, -0.15) is 0 Å². The maximum Gasteiger partial charge on any atom is 0.311 e. The van der Waals surface area contributed by atoms with Crippen molar-refractivity contribution in [3.63, 3.8) is 0 Å². The van der Waals surface area contributed by atoms with E-state index in [1.165, 1.54) is 25.0 Å². The van der Waals surface area contributed by atoms with E-state index in [-0.39, 0.29) is 10.6 Å². The fourth-order valence-electron chi connectivity index (χ4n) is 3.24. The molecule has 0 bridgehead atoms. The Kier molecular flexibility index (Phi) is 3.89. The molecule has 1 unspecified atom stereocenters. The van der Waals surface area contributed by atoms with Crippen molar-refractivity contribution in [1.29, 1.82) is 0 Å². The first-order valence-corrected chi connectivity index (χ1v) is 7.30. The van der Waals surface area contributed by atoms with Crippen molar-refractivity contribution in [1.82, 2.24) is 9.88 Å². The molecule has 3 N–H and O–H groups in total. The van der Waals surface area contributed by atoms with Gasteiger partial charge in [0.1, 0.15) is 5.82 Å². The molecule has 1 aromatic rings. The number of nitrogens with two attached hydrogens (primary N) is 1. The first-order chi connectivity index (χ1) is 10.2. The summed E-state index contributed by atoms with van der Waals surface area (Å²) in [4.78, 5) is 19.6. The molecule has 0 saturated carbocycles. The lowest BCUT2D eigenvalue weighted by molar-refractivity contribution is -0.384. The molecule has 2 saturated heterocycles. The summed E-state index contributed by atoms with van der Waals surface area (Å²) in [5.74, 6) is 6.22. The van der Waals surface area contributed by atoms with Gasteiger partial charge in [-0.15, -0.1) is 0 Å². The average Bonchev–Trinajstić information content (AvgIpc) is 3.17. The lowest BCUT2D eigenvalue weighted by Gasteiger charge is -2.24. The molecule has 0 amide bonds. The molecule has 3 rings (SSSR count). The third-order valence-corrected chi connectivity index (χ3v) is 4.32. The zero-order valence-electron chi connectivity index (χ0n) is 11.9. The van der Waals surface area contributed by atoms with E-state index < -0.39 is 0 Å². The van der Waals surface area contributed by atoms with Crippen LogP contribution in [0.15, 0.2) is 12.1 Å². The number of nitro groups is 1. The molecule has 1 atom stereocenters. The van der Waals surface area contributed by atoms with E-state index in [1.54, 1.807) is 0 Å². The Hall–Kier alpha value is -1.93. The van der Waals surface area contributed by atoms with Gasteiger partial charge in [0, 0.05) is 25.2 Å². The Morgan fingerprint density at radius 3 is 2.76 bits per heavy atom. The number of nitrogens with one attached hydrogen (secondary N) is 1. The van der Waals surface area contributed by atoms with E-state index >= 15 is 0 Å². The molecule has 21 heavy (non-hydrogen) atoms. The van der Waals surface area contributed by atoms with Crippen LogP contribution in [0, 0.1) is 10.1 Å². The minimum absolute atomic E-state index is 0.0380. The van der Waals surface area contributed by atoms with Crippen LogP contribution in [-0.4, -0.2) is 47.0 Å². The molecular formula is C13H20N6O2. The fourth-order valence-corrected chi connectivity index (χ4v) is 3.24. The van der Waals surface area contributed by atoms with Gasteiger partial charge in [0.25, 0.3) is 0 Å². The summed E-state index contributed by atoms with van der Waals surface area (Å²) in [7, 11) is 0. The van der Waals surface area contributed by atoms with E-state index in [1.807, 2.05) is 4.90 Å². The van der Waals surface area contributed by atoms with Gasteiger partial charge in [-0.25, -0.2) is 10.8 Å². The third kappa shape index (κ3) is 2.77. The number of aromatic nitrogens is 1. The molecule has 0 radical (unpaired) electrons. The molecule has 8 heteroatoms. The van der Waals surface area contributed by atoms with E-state index in [9.17, 15) is 10.1 Å². The largest absolute Gasteiger partial charge is 0.349 e. The summed E-state index contributed by atoms with van der Waals surface area (Å²) < 4.78 is 0. The summed E-state index contributed by atoms with van der Waals surface area (Å²) in [6.07, 6.45) is 3.53. The number of pyridine rings is 1. The highest BCUT2D eigenvalue weighted by Gasteiger charge is 2.33. The quantitative estimate of drug-likeness (QED) is 0.484. The number of nitrogens with zero attached hydrogens (tertiary/aromatic N) is 4. The first-order valence-electron chi connectivity index (χ1n) is 7.30. The Balaban J connectivity index is 1.81. The summed E-state index contributed by atoms with van der Waals surface area (Å²) in [5, 5.41) is 11.2. The predicted molar refractivity (Wildman–Crippen MR) is 80.1 cm³/mol. The molecule has 114 valence electrons. The van der Waals surface area contributed by atoms with Crippen molar-refractivity contribution >= 4 is 17.3 Å². The van der Waals surface area contributed by atoms with Crippen LogP contribution in [0.1, 0.15) is 19.3 Å². The Labute approximate surface area is 123 Å². The summed E-state index contributed by atoms with van der Waals surface area (Å²) >= 11 is 0. The fraction of sp³-hybridized carbons (Fsp3) is 0.615. The van der Waals surface area contributed by atoms with Gasteiger partial charge in [-0.05, 0) is 38.4 Å². The summed E-state index contributed by atoms with van der Waals surface area (Å²) in [5.41, 5.74) is 2.49. The highest BCUT2D eigenvalue weighted by Crippen LogP contribution is 2.31. The first kappa shape index (κ1) is 14.0. The molecule has 8 nitrogen and oxygen atoms in total. The zero-order chi connectivity index (χ0) is 14.8. The normalized spacial score (nSPS) is 22.7. The second kappa shape index (κ2) is 5.82. The van der Waals surface area contributed by atoms with Crippen LogP contribution >= 0.6 is 0 Å².